The number of hydrogen-bond acceptors (Lipinski definition) is 8. The summed E-state index contributed by atoms with van der Waals surface area (Å²) in [7, 11) is 0. The highest BCUT2D eigenvalue weighted by Gasteiger charge is 2.53. The molecule has 60 heavy (non-hydrogen) atoms. The van der Waals surface area contributed by atoms with Crippen molar-refractivity contribution in [2.24, 2.45) is 0 Å². The van der Waals surface area contributed by atoms with Crippen molar-refractivity contribution in [2.75, 3.05) is 48.0 Å². The summed E-state index contributed by atoms with van der Waals surface area (Å²) < 4.78 is 7.38. The Morgan fingerprint density at radius 1 is 0.833 bits per heavy atom. The molecule has 0 aliphatic carbocycles. The zero-order valence-corrected chi connectivity index (χ0v) is 32.8. The van der Waals surface area contributed by atoms with Crippen molar-refractivity contribution < 1.29 is 28.7 Å². The fraction of sp³-hybridized carbons (Fsp3) is 0.267. The molecule has 304 valence electrons. The number of hydrogen-bond donors (Lipinski definition) is 3. The molecule has 3 aliphatic rings. The predicted molar refractivity (Wildman–Crippen MR) is 224 cm³/mol. The molecule has 3 N–H and O–H groups in total. The van der Waals surface area contributed by atoms with Gasteiger partial charge in [0.15, 0.2) is 0 Å². The van der Waals surface area contributed by atoms with Crippen molar-refractivity contribution in [1.82, 2.24) is 30.5 Å². The van der Waals surface area contributed by atoms with Gasteiger partial charge in [-0.1, -0.05) is 77.7 Å². The van der Waals surface area contributed by atoms with Crippen molar-refractivity contribution >= 4 is 46.8 Å². The number of rotatable bonds is 12. The minimum Gasteiger partial charge on any atom is -0.378 e. The molecule has 3 aliphatic heterocycles. The van der Waals surface area contributed by atoms with E-state index in [9.17, 15) is 24.0 Å². The Kier molecular flexibility index (Phi) is 11.6. The van der Waals surface area contributed by atoms with E-state index in [0.717, 1.165) is 27.9 Å². The van der Waals surface area contributed by atoms with Crippen molar-refractivity contribution in [1.29, 1.82) is 0 Å². The third kappa shape index (κ3) is 8.74. The molecule has 8 rings (SSSR count). The number of carbonyl (C=O) groups is 5. The van der Waals surface area contributed by atoms with Crippen LogP contribution in [0.2, 0.25) is 0 Å². The van der Waals surface area contributed by atoms with Crippen LogP contribution < -0.4 is 25.8 Å². The standard InChI is InChI=1S/C45H43N9O6/c55-40(19-20-41(56)53-30-35-11-5-4-9-32(35)17-18-33-10-6-7-16-39(33)53)46-23-27-60-28-26-52-31-38(49-50-52)34-12-8-13-36(29-34)47-43(58)51-24-21-45(22-25-51)42(57)54(44(59)48-45)37-14-2-1-3-15-37/h1-16,29,31H,19-28,30H2,(H,46,55)(H,47,58)(H,48,59). The molecule has 4 heterocycles. The summed E-state index contributed by atoms with van der Waals surface area (Å²) in [4.78, 5) is 70.0. The number of likely N-dealkylation sites (tertiary alicyclic amines) is 1. The van der Waals surface area contributed by atoms with Crippen LogP contribution in [0.4, 0.5) is 26.7 Å². The lowest BCUT2D eigenvalue weighted by Crippen LogP contribution is -2.56. The number of nitrogens with zero attached hydrogens (tertiary/aromatic N) is 6. The van der Waals surface area contributed by atoms with Crippen LogP contribution in [0.25, 0.3) is 11.3 Å². The lowest BCUT2D eigenvalue weighted by molar-refractivity contribution is -0.125. The van der Waals surface area contributed by atoms with E-state index in [1.807, 2.05) is 72.8 Å². The first-order valence-corrected chi connectivity index (χ1v) is 19.9. The van der Waals surface area contributed by atoms with E-state index < -0.39 is 11.6 Å². The monoisotopic (exact) mass is 805 g/mol. The summed E-state index contributed by atoms with van der Waals surface area (Å²) in [5.41, 5.74) is 4.76. The SMILES string of the molecule is O=C(CCC(=O)N1Cc2ccccc2C#Cc2ccccc21)NCCOCCn1cc(-c2cccc(NC(=O)N3CCC4(CC3)NC(=O)N(c3ccccc3)C4=O)c2)nn1. The van der Waals surface area contributed by atoms with Crippen LogP contribution >= 0.6 is 0 Å². The van der Waals surface area contributed by atoms with E-state index in [2.05, 4.69) is 38.1 Å². The highest BCUT2D eigenvalue weighted by molar-refractivity contribution is 6.23. The number of ether oxygens (including phenoxy) is 1. The van der Waals surface area contributed by atoms with Gasteiger partial charge < -0.3 is 30.5 Å². The summed E-state index contributed by atoms with van der Waals surface area (Å²) in [5, 5.41) is 17.1. The van der Waals surface area contributed by atoms with E-state index in [1.165, 1.54) is 4.90 Å². The van der Waals surface area contributed by atoms with Crippen LogP contribution in [-0.2, 0) is 32.2 Å². The number of fused-ring (bicyclic) bond motifs is 2. The normalized spacial score (nSPS) is 15.2. The van der Waals surface area contributed by atoms with Crippen molar-refractivity contribution in [2.45, 2.75) is 44.3 Å². The molecule has 2 fully saturated rings. The first-order valence-electron chi connectivity index (χ1n) is 19.9. The van der Waals surface area contributed by atoms with Gasteiger partial charge >= 0.3 is 12.1 Å². The number of nitrogens with one attached hydrogen (secondary N) is 3. The molecule has 0 saturated carbocycles. The zero-order chi connectivity index (χ0) is 41.5. The Balaban J connectivity index is 0.747. The number of amides is 7. The van der Waals surface area contributed by atoms with Gasteiger partial charge in [-0.3, -0.25) is 14.4 Å². The summed E-state index contributed by atoms with van der Waals surface area (Å²) in [6.07, 6.45) is 2.50. The molecule has 7 amide bonds. The Hall–Kier alpha value is -7.31. The van der Waals surface area contributed by atoms with Crippen molar-refractivity contribution in [3.63, 3.8) is 0 Å². The maximum atomic E-state index is 13.4. The van der Waals surface area contributed by atoms with Crippen molar-refractivity contribution in [3.8, 4) is 23.1 Å². The van der Waals surface area contributed by atoms with E-state index in [0.29, 0.717) is 69.2 Å². The molecule has 1 spiro atoms. The smallest absolute Gasteiger partial charge is 0.329 e. The largest absolute Gasteiger partial charge is 0.378 e. The van der Waals surface area contributed by atoms with Crippen LogP contribution in [0.3, 0.4) is 0 Å². The van der Waals surface area contributed by atoms with Gasteiger partial charge in [0.05, 0.1) is 43.9 Å². The summed E-state index contributed by atoms with van der Waals surface area (Å²) in [6, 6.07) is 30.6. The maximum absolute atomic E-state index is 13.4. The minimum absolute atomic E-state index is 0.0495. The lowest BCUT2D eigenvalue weighted by Gasteiger charge is -2.37. The van der Waals surface area contributed by atoms with E-state index in [-0.39, 0.29) is 43.2 Å². The van der Waals surface area contributed by atoms with E-state index in [1.54, 1.807) is 51.0 Å². The Morgan fingerprint density at radius 2 is 1.58 bits per heavy atom. The average molecular weight is 806 g/mol. The average Bonchev–Trinajstić information content (AvgIpc) is 3.83. The summed E-state index contributed by atoms with van der Waals surface area (Å²) >= 11 is 0. The molecule has 4 aromatic carbocycles. The van der Waals surface area contributed by atoms with Crippen LogP contribution in [-0.4, -0.2) is 88.1 Å². The number of carbonyl (C=O) groups excluding carboxylic acids is 5. The first kappa shape index (κ1) is 39.5. The Labute approximate surface area is 346 Å². The van der Waals surface area contributed by atoms with E-state index in [4.69, 9.17) is 4.74 Å². The second-order valence-corrected chi connectivity index (χ2v) is 14.7. The van der Waals surface area contributed by atoms with Gasteiger partial charge in [0.2, 0.25) is 11.8 Å². The molecular formula is C45H43N9O6. The van der Waals surface area contributed by atoms with Crippen LogP contribution in [0.5, 0.6) is 0 Å². The quantitative estimate of drug-likeness (QED) is 0.0906. The Bertz CT molecular complexity index is 2480. The molecule has 0 bridgehead atoms. The summed E-state index contributed by atoms with van der Waals surface area (Å²) in [6.45, 7) is 2.31. The maximum Gasteiger partial charge on any atom is 0.329 e. The fourth-order valence-electron chi connectivity index (χ4n) is 7.54. The highest BCUT2D eigenvalue weighted by atomic mass is 16.5. The third-order valence-corrected chi connectivity index (χ3v) is 10.8. The molecule has 0 radical (unpaired) electrons. The molecule has 15 nitrogen and oxygen atoms in total. The molecule has 2 saturated heterocycles. The molecule has 5 aromatic rings. The van der Waals surface area contributed by atoms with Gasteiger partial charge in [0.25, 0.3) is 5.91 Å². The number of urea groups is 2. The van der Waals surface area contributed by atoms with Crippen LogP contribution in [0, 0.1) is 11.8 Å². The lowest BCUT2D eigenvalue weighted by atomic mass is 9.87. The molecule has 0 atom stereocenters. The van der Waals surface area contributed by atoms with Gasteiger partial charge in [0, 0.05) is 54.9 Å². The van der Waals surface area contributed by atoms with Gasteiger partial charge in [-0.05, 0) is 60.9 Å². The van der Waals surface area contributed by atoms with Crippen molar-refractivity contribution in [3.05, 3.63) is 126 Å². The molecule has 1 aromatic heterocycles. The molecule has 15 heteroatoms. The topological polar surface area (TPSA) is 171 Å². The van der Waals surface area contributed by atoms with Gasteiger partial charge in [-0.15, -0.1) is 5.10 Å². The predicted octanol–water partition coefficient (Wildman–Crippen LogP) is 4.93. The van der Waals surface area contributed by atoms with Crippen LogP contribution in [0.1, 0.15) is 42.4 Å². The summed E-state index contributed by atoms with van der Waals surface area (Å²) in [5.74, 6) is 5.71. The highest BCUT2D eigenvalue weighted by Crippen LogP contribution is 2.33. The molecular weight excluding hydrogens is 763 g/mol. The van der Waals surface area contributed by atoms with Gasteiger partial charge in [0.1, 0.15) is 11.2 Å². The second kappa shape index (κ2) is 17.7. The number of aromatic nitrogens is 3. The number of para-hydroxylation sites is 2. The van der Waals surface area contributed by atoms with Crippen LogP contribution in [0.15, 0.2) is 109 Å². The van der Waals surface area contributed by atoms with Gasteiger partial charge in [-0.2, -0.15) is 0 Å². The number of piperidine rings is 1. The fourth-order valence-corrected chi connectivity index (χ4v) is 7.54. The Morgan fingerprint density at radius 3 is 2.42 bits per heavy atom. The second-order valence-electron chi connectivity index (χ2n) is 14.7. The number of benzene rings is 4. The van der Waals surface area contributed by atoms with Gasteiger partial charge in [-0.25, -0.2) is 19.2 Å². The third-order valence-electron chi connectivity index (χ3n) is 10.8. The molecule has 0 unspecified atom stereocenters. The number of anilines is 3. The zero-order valence-electron chi connectivity index (χ0n) is 32.8. The minimum atomic E-state index is -1.04. The van der Waals surface area contributed by atoms with E-state index >= 15 is 0 Å². The number of imide groups is 1. The first-order chi connectivity index (χ1) is 29.3.